The molecular weight excluding hydrogens is 428 g/mol. The first-order valence-electron chi connectivity index (χ1n) is 10.1. The fourth-order valence-electron chi connectivity index (χ4n) is 3.66. The van der Waals surface area contributed by atoms with Crippen LogP contribution in [0, 0.1) is 0 Å². The molecule has 3 aromatic rings. The molecule has 1 atom stereocenters. The van der Waals surface area contributed by atoms with Crippen molar-refractivity contribution in [3.63, 3.8) is 0 Å². The molecule has 0 radical (unpaired) electrons. The summed E-state index contributed by atoms with van der Waals surface area (Å²) in [6, 6.07) is 13.5. The third kappa shape index (κ3) is 3.85. The first kappa shape index (κ1) is 21.6. The van der Waals surface area contributed by atoms with Gasteiger partial charge in [0.05, 0.1) is 35.6 Å². The molecule has 2 aromatic carbocycles. The van der Waals surface area contributed by atoms with Gasteiger partial charge < -0.3 is 14.6 Å². The van der Waals surface area contributed by atoms with Crippen LogP contribution in [0.15, 0.2) is 69.6 Å². The molecule has 2 heterocycles. The van der Waals surface area contributed by atoms with Crippen molar-refractivity contribution in [3.05, 3.63) is 90.6 Å². The van der Waals surface area contributed by atoms with Gasteiger partial charge in [-0.15, -0.1) is 0 Å². The minimum atomic E-state index is -0.660. The molecule has 4 rings (SSSR count). The molecule has 0 saturated heterocycles. The van der Waals surface area contributed by atoms with Crippen LogP contribution in [0.4, 0.5) is 0 Å². The van der Waals surface area contributed by atoms with E-state index in [1.54, 1.807) is 32.1 Å². The van der Waals surface area contributed by atoms with Gasteiger partial charge in [0.25, 0.3) is 5.56 Å². The van der Waals surface area contributed by atoms with Crippen molar-refractivity contribution in [1.29, 1.82) is 0 Å². The third-order valence-corrected chi connectivity index (χ3v) is 6.14. The molecule has 0 amide bonds. The number of carbonyl (C=O) groups is 1. The van der Waals surface area contributed by atoms with Gasteiger partial charge in [-0.3, -0.25) is 9.36 Å². The van der Waals surface area contributed by atoms with Gasteiger partial charge in [0.1, 0.15) is 11.5 Å². The molecular formula is C24H22N2O5S. The Hall–Kier alpha value is -3.65. The zero-order valence-electron chi connectivity index (χ0n) is 17.9. The quantitative estimate of drug-likeness (QED) is 0.604. The van der Waals surface area contributed by atoms with Crippen LogP contribution in [0.2, 0.25) is 0 Å². The average Bonchev–Trinajstić information content (AvgIpc) is 3.09. The van der Waals surface area contributed by atoms with E-state index in [1.807, 2.05) is 30.3 Å². The summed E-state index contributed by atoms with van der Waals surface area (Å²) >= 11 is 1.20. The molecule has 7 nitrogen and oxygen atoms in total. The van der Waals surface area contributed by atoms with E-state index in [1.165, 1.54) is 29.1 Å². The number of thiazole rings is 1. The molecule has 0 spiro atoms. The molecule has 0 bridgehead atoms. The zero-order valence-corrected chi connectivity index (χ0v) is 18.7. The summed E-state index contributed by atoms with van der Waals surface area (Å²) in [6.07, 6.45) is 1.60. The summed E-state index contributed by atoms with van der Waals surface area (Å²) in [5.74, 6) is 0.0893. The van der Waals surface area contributed by atoms with Crippen molar-refractivity contribution in [2.75, 3.05) is 13.7 Å². The monoisotopic (exact) mass is 450 g/mol. The van der Waals surface area contributed by atoms with Crippen molar-refractivity contribution in [2.24, 2.45) is 4.99 Å². The lowest BCUT2D eigenvalue weighted by Crippen LogP contribution is -2.39. The second-order valence-electron chi connectivity index (χ2n) is 7.14. The van der Waals surface area contributed by atoms with E-state index in [9.17, 15) is 14.7 Å². The van der Waals surface area contributed by atoms with E-state index >= 15 is 0 Å². The lowest BCUT2D eigenvalue weighted by molar-refractivity contribution is -0.139. The number of rotatable bonds is 5. The summed E-state index contributed by atoms with van der Waals surface area (Å²) in [4.78, 5) is 31.3. The highest BCUT2D eigenvalue weighted by atomic mass is 32.1. The standard InChI is InChI=1S/C24H22N2O5S/c1-4-31-23(29)20-14(2)25-24-26(21(20)15-8-6-5-7-9-15)22(28)19(32-24)13-16-12-17(30-3)10-11-18(16)27/h5-13,21,27H,4H2,1-3H3/b19-13-/t21-/m1/s1. The van der Waals surface area contributed by atoms with Crippen molar-refractivity contribution in [2.45, 2.75) is 19.9 Å². The van der Waals surface area contributed by atoms with Gasteiger partial charge in [-0.2, -0.15) is 0 Å². The number of carbonyl (C=O) groups excluding carboxylic acids is 1. The van der Waals surface area contributed by atoms with Gasteiger partial charge in [0, 0.05) is 5.56 Å². The summed E-state index contributed by atoms with van der Waals surface area (Å²) in [5.41, 5.74) is 1.77. The van der Waals surface area contributed by atoms with Crippen molar-refractivity contribution < 1.29 is 19.4 Å². The topological polar surface area (TPSA) is 90.1 Å². The highest BCUT2D eigenvalue weighted by Crippen LogP contribution is 2.30. The fraction of sp³-hybridized carbons (Fsp3) is 0.208. The summed E-state index contributed by atoms with van der Waals surface area (Å²) in [5, 5.41) is 10.2. The highest BCUT2D eigenvalue weighted by Gasteiger charge is 2.33. The van der Waals surface area contributed by atoms with E-state index in [4.69, 9.17) is 9.47 Å². The number of phenols is 1. The number of aromatic hydroxyl groups is 1. The van der Waals surface area contributed by atoms with Crippen LogP contribution in [0.5, 0.6) is 11.5 Å². The van der Waals surface area contributed by atoms with E-state index in [0.29, 0.717) is 31.9 Å². The highest BCUT2D eigenvalue weighted by molar-refractivity contribution is 7.07. The lowest BCUT2D eigenvalue weighted by Gasteiger charge is -2.24. The van der Waals surface area contributed by atoms with E-state index in [0.717, 1.165) is 5.56 Å². The number of allylic oxidation sites excluding steroid dienone is 1. The summed E-state index contributed by atoms with van der Waals surface area (Å²) in [6.45, 7) is 3.70. The molecule has 8 heteroatoms. The molecule has 0 aliphatic carbocycles. The Balaban J connectivity index is 1.96. The first-order valence-corrected chi connectivity index (χ1v) is 10.9. The van der Waals surface area contributed by atoms with Crippen LogP contribution in [0.25, 0.3) is 6.08 Å². The maximum atomic E-state index is 13.5. The Bertz CT molecular complexity index is 1390. The number of aromatic nitrogens is 1. The van der Waals surface area contributed by atoms with Crippen LogP contribution < -0.4 is 19.6 Å². The SMILES string of the molecule is CCOC(=O)C1=C(C)N=c2s/c(=C\c3cc(OC)ccc3O)c(=O)n2[C@@H]1c1ccccc1. The lowest BCUT2D eigenvalue weighted by atomic mass is 9.96. The maximum absolute atomic E-state index is 13.5. The van der Waals surface area contributed by atoms with Crippen LogP contribution in [0.3, 0.4) is 0 Å². The van der Waals surface area contributed by atoms with E-state index < -0.39 is 12.0 Å². The summed E-state index contributed by atoms with van der Waals surface area (Å²) in [7, 11) is 1.53. The van der Waals surface area contributed by atoms with Crippen molar-refractivity contribution in [1.82, 2.24) is 4.57 Å². The number of esters is 1. The normalized spacial score (nSPS) is 15.8. The number of benzene rings is 2. The average molecular weight is 451 g/mol. The number of ether oxygens (including phenoxy) is 2. The summed E-state index contributed by atoms with van der Waals surface area (Å²) < 4.78 is 12.4. The van der Waals surface area contributed by atoms with Gasteiger partial charge in [-0.05, 0) is 43.7 Å². The second-order valence-corrected chi connectivity index (χ2v) is 8.15. The third-order valence-electron chi connectivity index (χ3n) is 5.15. The maximum Gasteiger partial charge on any atom is 0.338 e. The number of hydrogen-bond acceptors (Lipinski definition) is 7. The van der Waals surface area contributed by atoms with Crippen LogP contribution in [-0.4, -0.2) is 29.4 Å². The number of phenolic OH excluding ortho intramolecular Hbond substituents is 1. The smallest absolute Gasteiger partial charge is 0.338 e. The first-order chi connectivity index (χ1) is 15.4. The van der Waals surface area contributed by atoms with Crippen LogP contribution in [0.1, 0.15) is 31.0 Å². The number of fused-ring (bicyclic) bond motifs is 1. The minimum absolute atomic E-state index is 0.0274. The van der Waals surface area contributed by atoms with Gasteiger partial charge in [0.15, 0.2) is 4.80 Å². The van der Waals surface area contributed by atoms with Gasteiger partial charge >= 0.3 is 5.97 Å². The Kier molecular flexibility index (Phi) is 5.96. The van der Waals surface area contributed by atoms with Gasteiger partial charge in [-0.25, -0.2) is 9.79 Å². The molecule has 164 valence electrons. The molecule has 0 unspecified atom stereocenters. The Morgan fingerprint density at radius 3 is 2.69 bits per heavy atom. The fourth-order valence-corrected chi connectivity index (χ4v) is 4.70. The van der Waals surface area contributed by atoms with Gasteiger partial charge in [0.2, 0.25) is 0 Å². The van der Waals surface area contributed by atoms with Crippen molar-refractivity contribution >= 4 is 23.4 Å². The largest absolute Gasteiger partial charge is 0.507 e. The van der Waals surface area contributed by atoms with Crippen LogP contribution >= 0.6 is 11.3 Å². The molecule has 1 aliphatic heterocycles. The molecule has 1 aliphatic rings. The Morgan fingerprint density at radius 2 is 2.00 bits per heavy atom. The Morgan fingerprint density at radius 1 is 1.25 bits per heavy atom. The Labute approximate surface area is 188 Å². The minimum Gasteiger partial charge on any atom is -0.507 e. The predicted molar refractivity (Wildman–Crippen MR) is 121 cm³/mol. The molecule has 1 N–H and O–H groups in total. The van der Waals surface area contributed by atoms with E-state index in [2.05, 4.69) is 4.99 Å². The van der Waals surface area contributed by atoms with Gasteiger partial charge in [-0.1, -0.05) is 41.7 Å². The molecule has 0 fully saturated rings. The second kappa shape index (κ2) is 8.84. The van der Waals surface area contributed by atoms with Crippen LogP contribution in [-0.2, 0) is 9.53 Å². The number of hydrogen-bond donors (Lipinski definition) is 1. The number of nitrogens with zero attached hydrogens (tertiary/aromatic N) is 2. The molecule has 0 saturated carbocycles. The van der Waals surface area contributed by atoms with Crippen molar-refractivity contribution in [3.8, 4) is 11.5 Å². The zero-order chi connectivity index (χ0) is 22.8. The van der Waals surface area contributed by atoms with E-state index in [-0.39, 0.29) is 17.9 Å². The molecule has 32 heavy (non-hydrogen) atoms. The molecule has 1 aromatic heterocycles. The number of methoxy groups -OCH3 is 1. The predicted octanol–water partition coefficient (Wildman–Crippen LogP) is 2.51.